The second-order valence-corrected chi connectivity index (χ2v) is 11.6. The van der Waals surface area contributed by atoms with Crippen molar-refractivity contribution >= 4 is 52.2 Å². The highest BCUT2D eigenvalue weighted by Gasteiger charge is 2.32. The van der Waals surface area contributed by atoms with E-state index < -0.39 is 45.5 Å². The molecule has 0 fully saturated rings. The Bertz CT molecular complexity index is 1890. The second-order valence-electron chi connectivity index (χ2n) is 10.4. The van der Waals surface area contributed by atoms with Crippen molar-refractivity contribution < 1.29 is 48.2 Å². The van der Waals surface area contributed by atoms with Gasteiger partial charge in [0.1, 0.15) is 6.61 Å². The van der Waals surface area contributed by atoms with E-state index in [1.165, 1.54) is 13.3 Å². The van der Waals surface area contributed by atoms with Crippen LogP contribution in [-0.4, -0.2) is 66.3 Å². The fraction of sp³-hybridized carbons (Fsp3) is 0.281. The number of amides is 2. The van der Waals surface area contributed by atoms with Gasteiger partial charge in [-0.1, -0.05) is 6.07 Å². The summed E-state index contributed by atoms with van der Waals surface area (Å²) >= 11 is 1.95. The topological polar surface area (TPSA) is 235 Å². The minimum absolute atomic E-state index is 0.152. The molecule has 1 aliphatic heterocycles. The molecule has 1 aliphatic rings. The van der Waals surface area contributed by atoms with Crippen LogP contribution in [0.25, 0.3) is 0 Å². The summed E-state index contributed by atoms with van der Waals surface area (Å²) in [6.07, 6.45) is 0.125. The number of hydrazone groups is 1. The summed E-state index contributed by atoms with van der Waals surface area (Å²) in [5.41, 5.74) is 3.14. The minimum atomic E-state index is -1.27. The van der Waals surface area contributed by atoms with Crippen LogP contribution in [-0.2, 0) is 9.53 Å². The highest BCUT2D eigenvalue weighted by molar-refractivity contribution is 14.1. The number of methoxy groups -OCH3 is 1. The van der Waals surface area contributed by atoms with Crippen LogP contribution in [0.2, 0.25) is 0 Å². The van der Waals surface area contributed by atoms with Crippen LogP contribution in [0.1, 0.15) is 37.9 Å². The van der Waals surface area contributed by atoms with Gasteiger partial charge in [0.25, 0.3) is 5.69 Å². The van der Waals surface area contributed by atoms with Crippen molar-refractivity contribution in [2.45, 2.75) is 33.0 Å². The molecule has 270 valence electrons. The van der Waals surface area contributed by atoms with Crippen LogP contribution in [0.4, 0.5) is 16.2 Å². The Labute approximate surface area is 304 Å². The van der Waals surface area contributed by atoms with Crippen LogP contribution in [0.3, 0.4) is 0 Å². The number of carbonyl (C=O) groups excluding carboxylic acids is 2. The van der Waals surface area contributed by atoms with E-state index >= 15 is 0 Å². The molecule has 51 heavy (non-hydrogen) atoms. The highest BCUT2D eigenvalue weighted by atomic mass is 127. The number of hydrogen-bond acceptors (Lipinski definition) is 14. The van der Waals surface area contributed by atoms with Gasteiger partial charge in [0.2, 0.25) is 5.75 Å². The number of nitro groups is 2. The Hall–Kier alpha value is -5.70. The number of allylic oxidation sites excluding steroid dienone is 1. The van der Waals surface area contributed by atoms with Gasteiger partial charge in [0.15, 0.2) is 29.2 Å². The van der Waals surface area contributed by atoms with Crippen LogP contribution < -0.4 is 35.0 Å². The van der Waals surface area contributed by atoms with Gasteiger partial charge in [0.05, 0.1) is 57.6 Å². The Kier molecular flexibility index (Phi) is 12.9. The Morgan fingerprint density at radius 2 is 1.73 bits per heavy atom. The van der Waals surface area contributed by atoms with Crippen LogP contribution in [0.15, 0.2) is 64.9 Å². The number of nitro benzene ring substituents is 2. The molecule has 3 aromatic carbocycles. The number of esters is 1. The first-order valence-electron chi connectivity index (χ1n) is 15.2. The molecule has 0 bridgehead atoms. The van der Waals surface area contributed by atoms with Gasteiger partial charge in [0, 0.05) is 11.8 Å². The summed E-state index contributed by atoms with van der Waals surface area (Å²) in [6.45, 7) is 5.35. The number of aliphatic hydroxyl groups excluding tert-OH is 1. The number of nitrogens with zero attached hydrogens (tertiary/aromatic N) is 3. The standard InChI is InChI=1S/C32H33IN6O12/c1-5-48-25-13-19(29-28(31(41)47-4)17(3)35-32(42)36-29)7-9-24(25)50-16-27(40)37-34-15-18-11-21(33)30(26(12-18)49-6-2)51-23-10-8-20(38(43)44)14-22(23)39(45)46/h7-15,27,29,37,40H,5-6,16H2,1-4H3,(H2,35,36,42)/b34-15+/t27-,29-/m0/s1. The lowest BCUT2D eigenvalue weighted by Crippen LogP contribution is -2.45. The van der Waals surface area contributed by atoms with E-state index in [-0.39, 0.29) is 48.4 Å². The van der Waals surface area contributed by atoms with Gasteiger partial charge in [-0.3, -0.25) is 25.7 Å². The maximum Gasteiger partial charge on any atom is 0.337 e. The van der Waals surface area contributed by atoms with E-state index in [0.29, 0.717) is 26.1 Å². The quantitative estimate of drug-likeness (QED) is 0.0380. The van der Waals surface area contributed by atoms with E-state index in [2.05, 4.69) is 21.2 Å². The predicted molar refractivity (Wildman–Crippen MR) is 189 cm³/mol. The first kappa shape index (κ1) is 38.1. The zero-order valence-corrected chi connectivity index (χ0v) is 29.8. The zero-order chi connectivity index (χ0) is 37.2. The summed E-state index contributed by atoms with van der Waals surface area (Å²) < 4.78 is 28.4. The molecule has 18 nitrogen and oxygen atoms in total. The number of aliphatic hydroxyl groups is 1. The Morgan fingerprint density at radius 3 is 2.39 bits per heavy atom. The third-order valence-electron chi connectivity index (χ3n) is 7.00. The molecule has 19 heteroatoms. The molecule has 3 aromatic rings. The molecular formula is C32H33IN6O12. The van der Waals surface area contributed by atoms with Crippen molar-refractivity contribution in [2.75, 3.05) is 26.9 Å². The van der Waals surface area contributed by atoms with Gasteiger partial charge in [-0.15, -0.1) is 0 Å². The second kappa shape index (κ2) is 17.3. The fourth-order valence-electron chi connectivity index (χ4n) is 4.80. The molecule has 0 unspecified atom stereocenters. The number of rotatable bonds is 16. The van der Waals surface area contributed by atoms with Crippen molar-refractivity contribution in [3.05, 3.63) is 94.7 Å². The fourth-order valence-corrected chi connectivity index (χ4v) is 5.54. The van der Waals surface area contributed by atoms with Gasteiger partial charge in [-0.25, -0.2) is 9.59 Å². The molecule has 1 heterocycles. The van der Waals surface area contributed by atoms with Gasteiger partial charge in [-0.2, -0.15) is 5.10 Å². The average molecular weight is 821 g/mol. The van der Waals surface area contributed by atoms with E-state index in [9.17, 15) is 34.9 Å². The number of benzene rings is 3. The SMILES string of the molecule is CCOc1cc([C@@H]2NC(=O)NC(C)=C2C(=O)OC)ccc1OC[C@H](O)N/N=C/c1cc(I)c(Oc2ccc([N+](=O)[O-])cc2[N+](=O)[O-])c(OCC)c1. The van der Waals surface area contributed by atoms with Crippen molar-refractivity contribution in [3.8, 4) is 28.7 Å². The van der Waals surface area contributed by atoms with E-state index in [1.807, 2.05) is 22.6 Å². The molecule has 0 saturated carbocycles. The molecule has 2 atom stereocenters. The minimum Gasteiger partial charge on any atom is -0.490 e. The van der Waals surface area contributed by atoms with Crippen molar-refractivity contribution in [2.24, 2.45) is 5.10 Å². The summed E-state index contributed by atoms with van der Waals surface area (Å²) in [4.78, 5) is 45.9. The maximum absolute atomic E-state index is 12.5. The van der Waals surface area contributed by atoms with Crippen LogP contribution >= 0.6 is 22.6 Å². The average Bonchev–Trinajstić information content (AvgIpc) is 3.08. The lowest BCUT2D eigenvalue weighted by atomic mass is 9.95. The molecule has 4 rings (SSSR count). The number of hydrogen-bond donors (Lipinski definition) is 4. The number of urea groups is 1. The maximum atomic E-state index is 12.5. The van der Waals surface area contributed by atoms with E-state index in [4.69, 9.17) is 23.7 Å². The number of non-ortho nitro benzene ring substituents is 1. The third kappa shape index (κ3) is 9.51. The summed E-state index contributed by atoms with van der Waals surface area (Å²) in [6, 6.07) is 9.81. The third-order valence-corrected chi connectivity index (χ3v) is 7.80. The van der Waals surface area contributed by atoms with E-state index in [1.54, 1.807) is 51.1 Å². The molecule has 2 amide bonds. The first-order valence-corrected chi connectivity index (χ1v) is 16.2. The zero-order valence-electron chi connectivity index (χ0n) is 27.6. The normalized spacial score (nSPS) is 14.6. The van der Waals surface area contributed by atoms with Gasteiger partial charge >= 0.3 is 17.7 Å². The summed E-state index contributed by atoms with van der Waals surface area (Å²) in [7, 11) is 1.25. The smallest absolute Gasteiger partial charge is 0.337 e. The number of ether oxygens (including phenoxy) is 5. The highest BCUT2D eigenvalue weighted by Crippen LogP contribution is 2.41. The van der Waals surface area contributed by atoms with Crippen LogP contribution in [0.5, 0.6) is 28.7 Å². The number of halogens is 1. The predicted octanol–water partition coefficient (Wildman–Crippen LogP) is 4.82. The summed E-state index contributed by atoms with van der Waals surface area (Å²) in [5, 5.41) is 42.6. The van der Waals surface area contributed by atoms with Gasteiger partial charge < -0.3 is 39.4 Å². The largest absolute Gasteiger partial charge is 0.490 e. The lowest BCUT2D eigenvalue weighted by Gasteiger charge is -2.28. The number of nitrogens with one attached hydrogen (secondary N) is 3. The lowest BCUT2D eigenvalue weighted by molar-refractivity contribution is -0.394. The first-order chi connectivity index (χ1) is 24.4. The molecule has 0 aliphatic carbocycles. The molecular weight excluding hydrogens is 787 g/mol. The van der Waals surface area contributed by atoms with Crippen molar-refractivity contribution in [3.63, 3.8) is 0 Å². The number of carbonyl (C=O) groups is 2. The van der Waals surface area contributed by atoms with Crippen molar-refractivity contribution in [1.29, 1.82) is 0 Å². The van der Waals surface area contributed by atoms with Gasteiger partial charge in [-0.05, 0) is 84.8 Å². The molecule has 0 radical (unpaired) electrons. The molecule has 0 aromatic heterocycles. The molecule has 4 N–H and O–H groups in total. The van der Waals surface area contributed by atoms with E-state index in [0.717, 1.165) is 18.2 Å². The van der Waals surface area contributed by atoms with Crippen LogP contribution in [0, 0.1) is 23.8 Å². The Morgan fingerprint density at radius 1 is 1.02 bits per heavy atom. The molecule has 0 spiro atoms. The monoisotopic (exact) mass is 820 g/mol. The summed E-state index contributed by atoms with van der Waals surface area (Å²) in [5.74, 6) is 0.140. The Balaban J connectivity index is 1.46. The molecule has 0 saturated heterocycles. The van der Waals surface area contributed by atoms with Crippen molar-refractivity contribution in [1.82, 2.24) is 16.1 Å².